The average molecular weight is 499 g/mol. The van der Waals surface area contributed by atoms with Crippen molar-refractivity contribution in [1.82, 2.24) is 9.47 Å². The number of pyridine rings is 1. The van der Waals surface area contributed by atoms with Crippen LogP contribution in [-0.2, 0) is 4.79 Å². The average Bonchev–Trinajstić information content (AvgIpc) is 2.72. The van der Waals surface area contributed by atoms with Crippen LogP contribution >= 0.6 is 0 Å². The molecule has 0 aliphatic carbocycles. The third kappa shape index (κ3) is 4.41. The number of anilines is 1. The summed E-state index contributed by atoms with van der Waals surface area (Å²) in [5.41, 5.74) is -1.48. The summed E-state index contributed by atoms with van der Waals surface area (Å²) in [7, 11) is 0. The highest BCUT2D eigenvalue weighted by Crippen LogP contribution is 2.46. The van der Waals surface area contributed by atoms with E-state index in [9.17, 15) is 32.7 Å². The normalized spacial score (nSPS) is 18.7. The van der Waals surface area contributed by atoms with Gasteiger partial charge in [0.2, 0.25) is 11.3 Å². The molecule has 0 spiro atoms. The molecule has 1 aromatic carbocycles. The smallest absolute Gasteiger partial charge is 0.397 e. The lowest BCUT2D eigenvalue weighted by molar-refractivity contribution is -0.162. The van der Waals surface area contributed by atoms with Crippen LogP contribution < -0.4 is 15.1 Å². The highest BCUT2D eigenvalue weighted by molar-refractivity contribution is 5.97. The van der Waals surface area contributed by atoms with E-state index in [1.54, 1.807) is 30.2 Å². The van der Waals surface area contributed by atoms with Crippen LogP contribution in [0.25, 0.3) is 10.9 Å². The maximum absolute atomic E-state index is 15.3. The first kappa shape index (κ1) is 24.8. The SMILES string of the molecule is CCN(CC1(C)CN(c2c(F)cc3c(=O)c(C(=O)O)cn4c3c2OC[C@@H]4C)C1)C(=O)CC(F)(F)F. The van der Waals surface area contributed by atoms with Crippen LogP contribution in [0.4, 0.5) is 23.2 Å². The maximum Gasteiger partial charge on any atom is 0.397 e. The number of benzene rings is 1. The minimum Gasteiger partial charge on any atom is -0.487 e. The van der Waals surface area contributed by atoms with E-state index < -0.39 is 46.7 Å². The Morgan fingerprint density at radius 3 is 2.54 bits per heavy atom. The van der Waals surface area contributed by atoms with E-state index >= 15 is 4.39 Å². The van der Waals surface area contributed by atoms with Gasteiger partial charge in [-0.05, 0) is 19.9 Å². The monoisotopic (exact) mass is 499 g/mol. The maximum atomic E-state index is 15.3. The third-order valence-electron chi connectivity index (χ3n) is 6.49. The van der Waals surface area contributed by atoms with Gasteiger partial charge in [0, 0.05) is 37.8 Å². The number of ether oxygens (including phenoxy) is 1. The number of carboxylic acids is 1. The predicted molar refractivity (Wildman–Crippen MR) is 119 cm³/mol. The van der Waals surface area contributed by atoms with Gasteiger partial charge in [0.25, 0.3) is 0 Å². The number of carbonyl (C=O) groups excluding carboxylic acids is 1. The minimum absolute atomic E-state index is 0.0734. The van der Waals surface area contributed by atoms with Crippen molar-refractivity contribution in [1.29, 1.82) is 0 Å². The number of amides is 1. The number of carboxylic acid groups (broad SMARTS) is 1. The Labute approximate surface area is 197 Å². The summed E-state index contributed by atoms with van der Waals surface area (Å²) in [4.78, 5) is 39.1. The predicted octanol–water partition coefficient (Wildman–Crippen LogP) is 3.42. The van der Waals surface area contributed by atoms with E-state index in [0.29, 0.717) is 5.52 Å². The Hall–Kier alpha value is -3.31. The molecule has 190 valence electrons. The van der Waals surface area contributed by atoms with Gasteiger partial charge in [-0.25, -0.2) is 9.18 Å². The molecule has 1 saturated heterocycles. The molecule has 0 unspecified atom stereocenters. The molecule has 0 bridgehead atoms. The standard InChI is InChI=1S/C23H25F4N3O5/c1-4-28(16(31)6-23(25,26)27)9-22(3)10-29(11-22)18-15(24)5-13-17-20(18)35-8-12(2)30(17)7-14(19(13)32)21(33)34/h5,7,12H,4,6,8-11H2,1-3H3,(H,33,34)/t12-/m0/s1. The Morgan fingerprint density at radius 1 is 1.31 bits per heavy atom. The van der Waals surface area contributed by atoms with Gasteiger partial charge in [-0.3, -0.25) is 9.59 Å². The van der Waals surface area contributed by atoms with Crippen LogP contribution in [0.3, 0.4) is 0 Å². The quantitative estimate of drug-likeness (QED) is 0.613. The molecule has 0 radical (unpaired) electrons. The van der Waals surface area contributed by atoms with E-state index in [-0.39, 0.29) is 55.7 Å². The zero-order valence-electron chi connectivity index (χ0n) is 19.4. The molecule has 2 aromatic rings. The number of alkyl halides is 3. The summed E-state index contributed by atoms with van der Waals surface area (Å²) in [5, 5.41) is 9.29. The summed E-state index contributed by atoms with van der Waals surface area (Å²) in [5.74, 6) is -3.07. The van der Waals surface area contributed by atoms with Crippen molar-refractivity contribution in [2.24, 2.45) is 5.41 Å². The first-order chi connectivity index (χ1) is 16.2. The van der Waals surface area contributed by atoms with Crippen LogP contribution in [-0.4, -0.2) is 65.4 Å². The number of rotatable bonds is 6. The lowest BCUT2D eigenvalue weighted by Crippen LogP contribution is -2.60. The molecular formula is C23H25F4N3O5. The van der Waals surface area contributed by atoms with Gasteiger partial charge in [-0.2, -0.15) is 13.2 Å². The summed E-state index contributed by atoms with van der Waals surface area (Å²) in [6.07, 6.45) is -4.90. The summed E-state index contributed by atoms with van der Waals surface area (Å²) in [6, 6.07) is 0.697. The molecule has 1 N–H and O–H groups in total. The van der Waals surface area contributed by atoms with Crippen LogP contribution in [0.15, 0.2) is 17.1 Å². The fourth-order valence-corrected chi connectivity index (χ4v) is 4.91. The Balaban J connectivity index is 1.66. The van der Waals surface area contributed by atoms with E-state index in [1.165, 1.54) is 6.20 Å². The molecule has 1 fully saturated rings. The molecule has 2 aliphatic rings. The molecule has 2 aliphatic heterocycles. The lowest BCUT2D eigenvalue weighted by atomic mass is 9.80. The van der Waals surface area contributed by atoms with E-state index in [0.717, 1.165) is 11.0 Å². The second-order valence-corrected chi connectivity index (χ2v) is 9.54. The van der Waals surface area contributed by atoms with Crippen LogP contribution in [0.2, 0.25) is 0 Å². The molecule has 3 heterocycles. The van der Waals surface area contributed by atoms with Crippen molar-refractivity contribution in [3.63, 3.8) is 0 Å². The second kappa shape index (κ2) is 8.42. The van der Waals surface area contributed by atoms with Gasteiger partial charge in [-0.15, -0.1) is 0 Å². The van der Waals surface area contributed by atoms with Gasteiger partial charge in [0.15, 0.2) is 11.6 Å². The van der Waals surface area contributed by atoms with Crippen LogP contribution in [0.5, 0.6) is 5.75 Å². The molecule has 35 heavy (non-hydrogen) atoms. The van der Waals surface area contributed by atoms with Gasteiger partial charge >= 0.3 is 12.1 Å². The van der Waals surface area contributed by atoms with Gasteiger partial charge in [0.1, 0.15) is 24.3 Å². The molecule has 0 saturated carbocycles. The molecule has 1 amide bonds. The van der Waals surface area contributed by atoms with E-state index in [1.807, 2.05) is 0 Å². The highest BCUT2D eigenvalue weighted by atomic mass is 19.4. The lowest BCUT2D eigenvalue weighted by Gasteiger charge is -2.51. The van der Waals surface area contributed by atoms with Crippen molar-refractivity contribution in [3.8, 4) is 5.75 Å². The summed E-state index contributed by atoms with van der Waals surface area (Å²) >= 11 is 0. The number of carbonyl (C=O) groups is 2. The first-order valence-corrected chi connectivity index (χ1v) is 11.1. The van der Waals surface area contributed by atoms with Gasteiger partial charge in [-0.1, -0.05) is 6.92 Å². The fourth-order valence-electron chi connectivity index (χ4n) is 4.91. The zero-order chi connectivity index (χ0) is 25.9. The van der Waals surface area contributed by atoms with Crippen molar-refractivity contribution in [3.05, 3.63) is 33.9 Å². The number of halogens is 4. The third-order valence-corrected chi connectivity index (χ3v) is 6.49. The van der Waals surface area contributed by atoms with Crippen molar-refractivity contribution < 1.29 is 37.0 Å². The minimum atomic E-state index is -4.60. The van der Waals surface area contributed by atoms with E-state index in [4.69, 9.17) is 4.74 Å². The molecule has 12 heteroatoms. The highest BCUT2D eigenvalue weighted by Gasteiger charge is 2.44. The molecular weight excluding hydrogens is 474 g/mol. The Kier molecular flexibility index (Phi) is 5.97. The second-order valence-electron chi connectivity index (χ2n) is 9.54. The summed E-state index contributed by atoms with van der Waals surface area (Å²) < 4.78 is 60.7. The zero-order valence-corrected chi connectivity index (χ0v) is 19.4. The molecule has 8 nitrogen and oxygen atoms in total. The molecule has 4 rings (SSSR count). The number of hydrogen-bond acceptors (Lipinski definition) is 5. The largest absolute Gasteiger partial charge is 0.487 e. The Bertz CT molecular complexity index is 1270. The fraction of sp³-hybridized carbons (Fsp3) is 0.522. The molecule has 1 atom stereocenters. The number of aromatic nitrogens is 1. The summed E-state index contributed by atoms with van der Waals surface area (Å²) in [6.45, 7) is 5.98. The first-order valence-electron chi connectivity index (χ1n) is 11.1. The van der Waals surface area contributed by atoms with Crippen molar-refractivity contribution in [2.75, 3.05) is 37.7 Å². The van der Waals surface area contributed by atoms with Crippen LogP contribution in [0, 0.1) is 11.2 Å². The Morgan fingerprint density at radius 2 is 1.97 bits per heavy atom. The van der Waals surface area contributed by atoms with Gasteiger partial charge in [0.05, 0.1) is 16.9 Å². The number of nitrogens with zero attached hydrogens (tertiary/aromatic N) is 3. The number of hydrogen-bond donors (Lipinski definition) is 1. The van der Waals surface area contributed by atoms with Crippen molar-refractivity contribution >= 4 is 28.5 Å². The van der Waals surface area contributed by atoms with Crippen molar-refractivity contribution in [2.45, 2.75) is 39.4 Å². The van der Waals surface area contributed by atoms with Gasteiger partial charge < -0.3 is 24.2 Å². The van der Waals surface area contributed by atoms with E-state index in [2.05, 4.69) is 0 Å². The number of aromatic carboxylic acids is 1. The molecule has 1 aromatic heterocycles. The topological polar surface area (TPSA) is 92.1 Å². The van der Waals surface area contributed by atoms with Crippen LogP contribution in [0.1, 0.15) is 43.6 Å².